The fourth-order valence-corrected chi connectivity index (χ4v) is 4.01. The fourth-order valence-electron chi connectivity index (χ4n) is 4.01. The third-order valence-electron chi connectivity index (χ3n) is 5.36. The van der Waals surface area contributed by atoms with E-state index in [2.05, 4.69) is 4.90 Å². The van der Waals surface area contributed by atoms with Gasteiger partial charge < -0.3 is 9.64 Å². The smallest absolute Gasteiger partial charge is 0.253 e. The van der Waals surface area contributed by atoms with Gasteiger partial charge >= 0.3 is 0 Å². The Morgan fingerprint density at radius 3 is 2.59 bits per heavy atom. The Morgan fingerprint density at radius 1 is 1.04 bits per heavy atom. The summed E-state index contributed by atoms with van der Waals surface area (Å²) in [5.41, 5.74) is 0.860. The molecule has 2 aliphatic rings. The van der Waals surface area contributed by atoms with Crippen LogP contribution in [0, 0.1) is 11.6 Å². The van der Waals surface area contributed by atoms with Crippen molar-refractivity contribution < 1.29 is 18.3 Å². The van der Waals surface area contributed by atoms with E-state index in [-0.39, 0.29) is 24.1 Å². The van der Waals surface area contributed by atoms with Crippen LogP contribution in [0.2, 0.25) is 0 Å². The Bertz CT molecular complexity index is 827. The molecule has 1 spiro atoms. The van der Waals surface area contributed by atoms with E-state index in [9.17, 15) is 13.6 Å². The molecule has 1 atom stereocenters. The van der Waals surface area contributed by atoms with Crippen molar-refractivity contribution in [2.75, 3.05) is 31.1 Å². The van der Waals surface area contributed by atoms with Gasteiger partial charge in [-0.1, -0.05) is 18.2 Å². The molecule has 2 aromatic carbocycles. The predicted molar refractivity (Wildman–Crippen MR) is 98.3 cm³/mol. The maximum atomic E-state index is 14.0. The number of carbonyl (C=O) groups excluding carboxylic acids is 1. The number of nitrogens with zero attached hydrogens (tertiary/aromatic N) is 2. The maximum absolute atomic E-state index is 14.0. The van der Waals surface area contributed by atoms with Gasteiger partial charge in [0.2, 0.25) is 0 Å². The first-order valence-corrected chi connectivity index (χ1v) is 9.20. The van der Waals surface area contributed by atoms with Gasteiger partial charge in [0.15, 0.2) is 0 Å². The minimum atomic E-state index is -0.480. The molecule has 0 aromatic heterocycles. The van der Waals surface area contributed by atoms with Gasteiger partial charge in [-0.25, -0.2) is 8.78 Å². The van der Waals surface area contributed by atoms with E-state index < -0.39 is 5.60 Å². The lowest BCUT2D eigenvalue weighted by molar-refractivity contribution is -0.146. The molecule has 2 fully saturated rings. The zero-order valence-electron chi connectivity index (χ0n) is 15.0. The van der Waals surface area contributed by atoms with E-state index in [0.29, 0.717) is 30.9 Å². The summed E-state index contributed by atoms with van der Waals surface area (Å²) in [6.07, 6.45) is 1.76. The highest BCUT2D eigenvalue weighted by atomic mass is 19.1. The monoisotopic (exact) mass is 372 g/mol. The summed E-state index contributed by atoms with van der Waals surface area (Å²) in [7, 11) is 0. The van der Waals surface area contributed by atoms with Crippen LogP contribution < -0.4 is 4.90 Å². The average Bonchev–Trinajstić information content (AvgIpc) is 2.67. The van der Waals surface area contributed by atoms with Crippen LogP contribution in [0.4, 0.5) is 14.5 Å². The molecule has 1 amide bonds. The van der Waals surface area contributed by atoms with Crippen molar-refractivity contribution in [3.8, 4) is 0 Å². The highest BCUT2D eigenvalue weighted by Crippen LogP contribution is 2.32. The second-order valence-corrected chi connectivity index (χ2v) is 7.33. The van der Waals surface area contributed by atoms with E-state index in [0.717, 1.165) is 19.4 Å². The minimum absolute atomic E-state index is 0.00488. The van der Waals surface area contributed by atoms with Gasteiger partial charge in [-0.3, -0.25) is 9.69 Å². The topological polar surface area (TPSA) is 32.8 Å². The molecule has 0 bridgehead atoms. The number of likely N-dealkylation sites (tertiary alicyclic amines) is 1. The second-order valence-electron chi connectivity index (χ2n) is 7.33. The lowest BCUT2D eigenvalue weighted by Gasteiger charge is -2.47. The number of carbonyl (C=O) groups is 1. The number of hydrogen-bond donors (Lipinski definition) is 0. The third kappa shape index (κ3) is 3.87. The van der Waals surface area contributed by atoms with E-state index >= 15 is 0 Å². The Labute approximate surface area is 157 Å². The molecule has 2 aliphatic heterocycles. The maximum Gasteiger partial charge on any atom is 0.253 e. The number of morpholine rings is 1. The van der Waals surface area contributed by atoms with Crippen LogP contribution in [0.25, 0.3) is 0 Å². The summed E-state index contributed by atoms with van der Waals surface area (Å²) in [6.45, 7) is 2.44. The summed E-state index contributed by atoms with van der Waals surface area (Å²) >= 11 is 0. The highest BCUT2D eigenvalue weighted by molar-refractivity contribution is 5.95. The van der Waals surface area contributed by atoms with Crippen molar-refractivity contribution in [1.82, 2.24) is 4.90 Å². The van der Waals surface area contributed by atoms with Gasteiger partial charge in [0.25, 0.3) is 5.91 Å². The molecule has 1 unspecified atom stereocenters. The number of ether oxygens (including phenoxy) is 1. The van der Waals surface area contributed by atoms with Crippen molar-refractivity contribution in [1.29, 1.82) is 0 Å². The van der Waals surface area contributed by atoms with Crippen molar-refractivity contribution in [2.24, 2.45) is 0 Å². The normalized spacial score (nSPS) is 23.8. The van der Waals surface area contributed by atoms with Crippen LogP contribution in [-0.2, 0) is 16.1 Å². The molecule has 0 aliphatic carbocycles. The third-order valence-corrected chi connectivity index (χ3v) is 5.36. The van der Waals surface area contributed by atoms with Crippen molar-refractivity contribution in [3.63, 3.8) is 0 Å². The average molecular weight is 372 g/mol. The van der Waals surface area contributed by atoms with Crippen LogP contribution in [0.1, 0.15) is 18.4 Å². The first kappa shape index (κ1) is 18.1. The van der Waals surface area contributed by atoms with Crippen molar-refractivity contribution >= 4 is 11.6 Å². The van der Waals surface area contributed by atoms with E-state index in [1.54, 1.807) is 29.2 Å². The molecule has 27 heavy (non-hydrogen) atoms. The molecule has 142 valence electrons. The number of benzene rings is 2. The molecular formula is C21H22F2N2O2. The molecule has 2 aromatic rings. The zero-order valence-corrected chi connectivity index (χ0v) is 15.0. The fraction of sp³-hybridized carbons (Fsp3) is 0.381. The van der Waals surface area contributed by atoms with Crippen LogP contribution in [-0.4, -0.2) is 42.6 Å². The second kappa shape index (κ2) is 7.37. The zero-order chi connectivity index (χ0) is 18.9. The summed E-state index contributed by atoms with van der Waals surface area (Å²) in [6, 6.07) is 12.7. The summed E-state index contributed by atoms with van der Waals surface area (Å²) in [5, 5.41) is 0. The quantitative estimate of drug-likeness (QED) is 0.828. The van der Waals surface area contributed by atoms with E-state index in [4.69, 9.17) is 4.74 Å². The van der Waals surface area contributed by atoms with Crippen LogP contribution in [0.5, 0.6) is 0 Å². The Kier molecular flexibility index (Phi) is 4.93. The van der Waals surface area contributed by atoms with Gasteiger partial charge in [0.05, 0.1) is 12.1 Å². The number of halogens is 2. The molecule has 0 radical (unpaired) electrons. The Hall–Kier alpha value is -2.31. The molecule has 6 heteroatoms. The van der Waals surface area contributed by atoms with E-state index in [1.165, 1.54) is 18.2 Å². The predicted octanol–water partition coefficient (Wildman–Crippen LogP) is 3.36. The van der Waals surface area contributed by atoms with Crippen molar-refractivity contribution in [2.45, 2.75) is 25.0 Å². The van der Waals surface area contributed by atoms with Gasteiger partial charge in [0.1, 0.15) is 18.2 Å². The van der Waals surface area contributed by atoms with E-state index in [1.807, 2.05) is 6.07 Å². The standard InChI is InChI=1S/C21H22F2N2O2/c22-17-6-8-18(9-7-17)25-15-21(27-13-20(25)26)10-3-11-24(14-21)12-16-4-1-2-5-19(16)23/h1-2,4-9H,3,10-15H2. The molecule has 4 nitrogen and oxygen atoms in total. The van der Waals surface area contributed by atoms with Crippen molar-refractivity contribution in [3.05, 3.63) is 65.7 Å². The first-order chi connectivity index (χ1) is 13.0. The summed E-state index contributed by atoms with van der Waals surface area (Å²) in [4.78, 5) is 16.2. The number of piperidine rings is 1. The summed E-state index contributed by atoms with van der Waals surface area (Å²) in [5.74, 6) is -0.661. The molecule has 4 rings (SSSR count). The minimum Gasteiger partial charge on any atom is -0.362 e. The van der Waals surface area contributed by atoms with Gasteiger partial charge in [-0.15, -0.1) is 0 Å². The number of hydrogen-bond acceptors (Lipinski definition) is 3. The largest absolute Gasteiger partial charge is 0.362 e. The SMILES string of the molecule is O=C1COC2(CCCN(Cc3ccccc3F)C2)CN1c1ccc(F)cc1. The number of anilines is 1. The molecule has 0 N–H and O–H groups in total. The number of rotatable bonds is 3. The number of amides is 1. The van der Waals surface area contributed by atoms with Gasteiger partial charge in [-0.2, -0.15) is 0 Å². The van der Waals surface area contributed by atoms with Gasteiger partial charge in [-0.05, 0) is 49.7 Å². The molecular weight excluding hydrogens is 350 g/mol. The van der Waals surface area contributed by atoms with Crippen LogP contribution >= 0.6 is 0 Å². The summed E-state index contributed by atoms with van der Waals surface area (Å²) < 4.78 is 33.2. The molecule has 2 saturated heterocycles. The lowest BCUT2D eigenvalue weighted by Crippen LogP contribution is -2.61. The lowest BCUT2D eigenvalue weighted by atomic mass is 9.90. The first-order valence-electron chi connectivity index (χ1n) is 9.20. The van der Waals surface area contributed by atoms with Gasteiger partial charge in [0, 0.05) is 24.3 Å². The highest BCUT2D eigenvalue weighted by Gasteiger charge is 2.43. The molecule has 2 heterocycles. The molecule has 0 saturated carbocycles. The van der Waals surface area contributed by atoms with Crippen LogP contribution in [0.3, 0.4) is 0 Å². The Morgan fingerprint density at radius 2 is 1.81 bits per heavy atom. The Balaban J connectivity index is 1.51. The van der Waals surface area contributed by atoms with Crippen LogP contribution in [0.15, 0.2) is 48.5 Å².